The minimum Gasteiger partial charge on any atom is -0.373 e. The van der Waals surface area contributed by atoms with Crippen molar-refractivity contribution in [1.82, 2.24) is 29.6 Å². The van der Waals surface area contributed by atoms with E-state index in [4.69, 9.17) is 4.74 Å². The highest BCUT2D eigenvalue weighted by Crippen LogP contribution is 2.23. The molecule has 0 spiro atoms. The lowest BCUT2D eigenvalue weighted by Crippen LogP contribution is -2.44. The number of rotatable bonds is 4. The Labute approximate surface area is 160 Å². The highest BCUT2D eigenvalue weighted by molar-refractivity contribution is 5.60. The SMILES string of the molecule is Fc1ccccc1-c1nnc2ccc(N3CCOC(Cn4cccn4)C3)nn12. The minimum atomic E-state index is -0.352. The first-order chi connectivity index (χ1) is 13.8. The molecule has 0 radical (unpaired) electrons. The van der Waals surface area contributed by atoms with Gasteiger partial charge in [-0.15, -0.1) is 15.3 Å². The molecule has 1 fully saturated rings. The summed E-state index contributed by atoms with van der Waals surface area (Å²) in [5, 5.41) is 17.2. The summed E-state index contributed by atoms with van der Waals surface area (Å²) in [6, 6.07) is 12.1. The third-order valence-corrected chi connectivity index (χ3v) is 4.78. The van der Waals surface area contributed by atoms with Crippen molar-refractivity contribution >= 4 is 11.5 Å². The van der Waals surface area contributed by atoms with Crippen LogP contribution in [-0.2, 0) is 11.3 Å². The molecule has 3 aromatic heterocycles. The van der Waals surface area contributed by atoms with Gasteiger partial charge < -0.3 is 9.64 Å². The third kappa shape index (κ3) is 3.09. The van der Waals surface area contributed by atoms with Gasteiger partial charge in [0, 0.05) is 25.5 Å². The molecular weight excluding hydrogens is 361 g/mol. The monoisotopic (exact) mass is 379 g/mol. The first kappa shape index (κ1) is 16.8. The average Bonchev–Trinajstić information content (AvgIpc) is 3.38. The predicted octanol–water partition coefficient (Wildman–Crippen LogP) is 2.03. The molecule has 5 rings (SSSR count). The number of fused-ring (bicyclic) bond motifs is 1. The van der Waals surface area contributed by atoms with Gasteiger partial charge in [-0.25, -0.2) is 4.39 Å². The van der Waals surface area contributed by atoms with Gasteiger partial charge in [-0.05, 0) is 30.3 Å². The summed E-state index contributed by atoms with van der Waals surface area (Å²) in [4.78, 5) is 2.15. The summed E-state index contributed by atoms with van der Waals surface area (Å²) in [5.74, 6) is 0.810. The second-order valence-corrected chi connectivity index (χ2v) is 6.63. The largest absolute Gasteiger partial charge is 0.373 e. The number of halogens is 1. The molecule has 1 saturated heterocycles. The first-order valence-electron chi connectivity index (χ1n) is 9.09. The van der Waals surface area contributed by atoms with Gasteiger partial charge in [0.1, 0.15) is 11.6 Å². The molecule has 0 aliphatic carbocycles. The average molecular weight is 379 g/mol. The van der Waals surface area contributed by atoms with Gasteiger partial charge in [-0.2, -0.15) is 9.61 Å². The standard InChI is InChI=1S/C19H18FN7O/c20-16-5-2-1-4-15(16)19-23-22-17-6-7-18(24-27(17)19)25-10-11-28-14(12-25)13-26-9-3-8-21-26/h1-9,14H,10-13H2. The van der Waals surface area contributed by atoms with E-state index in [-0.39, 0.29) is 11.9 Å². The Morgan fingerprint density at radius 1 is 1.11 bits per heavy atom. The predicted molar refractivity (Wildman–Crippen MR) is 100 cm³/mol. The molecule has 0 amide bonds. The molecule has 1 aliphatic heterocycles. The van der Waals surface area contributed by atoms with E-state index in [1.165, 1.54) is 6.07 Å². The number of nitrogens with zero attached hydrogens (tertiary/aromatic N) is 7. The normalized spacial score (nSPS) is 17.3. The second-order valence-electron chi connectivity index (χ2n) is 6.63. The van der Waals surface area contributed by atoms with Gasteiger partial charge in [-0.3, -0.25) is 4.68 Å². The second kappa shape index (κ2) is 7.01. The van der Waals surface area contributed by atoms with Crippen LogP contribution in [0.4, 0.5) is 10.2 Å². The molecule has 0 saturated carbocycles. The summed E-state index contributed by atoms with van der Waals surface area (Å²) in [7, 11) is 0. The van der Waals surface area contributed by atoms with Crippen molar-refractivity contribution in [2.45, 2.75) is 12.6 Å². The molecule has 142 valence electrons. The van der Waals surface area contributed by atoms with Crippen molar-refractivity contribution in [3.8, 4) is 11.4 Å². The zero-order valence-electron chi connectivity index (χ0n) is 15.0. The van der Waals surface area contributed by atoms with Crippen LogP contribution in [0.1, 0.15) is 0 Å². The zero-order valence-corrected chi connectivity index (χ0v) is 15.0. The maximum absolute atomic E-state index is 14.2. The highest BCUT2D eigenvalue weighted by atomic mass is 19.1. The molecule has 1 atom stereocenters. The summed E-state index contributed by atoms with van der Waals surface area (Å²) < 4.78 is 23.5. The fraction of sp³-hybridized carbons (Fsp3) is 0.263. The van der Waals surface area contributed by atoms with Crippen LogP contribution in [-0.4, -0.2) is 55.4 Å². The van der Waals surface area contributed by atoms with Crippen LogP contribution >= 0.6 is 0 Å². The van der Waals surface area contributed by atoms with Crippen molar-refractivity contribution in [2.24, 2.45) is 0 Å². The first-order valence-corrected chi connectivity index (χ1v) is 9.09. The van der Waals surface area contributed by atoms with E-state index in [2.05, 4.69) is 25.3 Å². The van der Waals surface area contributed by atoms with E-state index in [1.807, 2.05) is 29.1 Å². The van der Waals surface area contributed by atoms with E-state index in [1.54, 1.807) is 28.9 Å². The summed E-state index contributed by atoms with van der Waals surface area (Å²) >= 11 is 0. The molecule has 8 nitrogen and oxygen atoms in total. The lowest BCUT2D eigenvalue weighted by molar-refractivity contribution is 0.0271. The van der Waals surface area contributed by atoms with Gasteiger partial charge >= 0.3 is 0 Å². The van der Waals surface area contributed by atoms with Gasteiger partial charge in [0.2, 0.25) is 0 Å². The Morgan fingerprint density at radius 3 is 2.89 bits per heavy atom. The van der Waals surface area contributed by atoms with Crippen LogP contribution in [0.2, 0.25) is 0 Å². The lowest BCUT2D eigenvalue weighted by Gasteiger charge is -2.33. The number of aromatic nitrogens is 6. The highest BCUT2D eigenvalue weighted by Gasteiger charge is 2.23. The van der Waals surface area contributed by atoms with E-state index in [0.29, 0.717) is 36.7 Å². The molecule has 4 heterocycles. The maximum Gasteiger partial charge on any atom is 0.188 e. The topological polar surface area (TPSA) is 73.4 Å². The molecule has 9 heteroatoms. The Morgan fingerprint density at radius 2 is 2.04 bits per heavy atom. The van der Waals surface area contributed by atoms with Crippen LogP contribution in [0.3, 0.4) is 0 Å². The Bertz CT molecular complexity index is 1090. The quantitative estimate of drug-likeness (QED) is 0.540. The molecule has 0 bridgehead atoms. The molecule has 4 aromatic rings. The summed E-state index contributed by atoms with van der Waals surface area (Å²) in [6.45, 7) is 2.70. The third-order valence-electron chi connectivity index (χ3n) is 4.78. The van der Waals surface area contributed by atoms with Crippen molar-refractivity contribution in [3.63, 3.8) is 0 Å². The molecule has 1 aliphatic rings. The molecule has 1 aromatic carbocycles. The Balaban J connectivity index is 1.44. The maximum atomic E-state index is 14.2. The van der Waals surface area contributed by atoms with Crippen molar-refractivity contribution in [3.05, 3.63) is 60.7 Å². The van der Waals surface area contributed by atoms with Crippen LogP contribution in [0, 0.1) is 5.82 Å². The Kier molecular flexibility index (Phi) is 4.21. The smallest absolute Gasteiger partial charge is 0.188 e. The van der Waals surface area contributed by atoms with E-state index in [9.17, 15) is 4.39 Å². The molecular formula is C19H18FN7O. The number of morpholine rings is 1. The van der Waals surface area contributed by atoms with Crippen molar-refractivity contribution in [1.29, 1.82) is 0 Å². The zero-order chi connectivity index (χ0) is 18.9. The van der Waals surface area contributed by atoms with Gasteiger partial charge in [0.05, 0.1) is 24.8 Å². The number of anilines is 1. The molecule has 28 heavy (non-hydrogen) atoms. The number of benzene rings is 1. The van der Waals surface area contributed by atoms with Gasteiger partial charge in [0.15, 0.2) is 11.5 Å². The fourth-order valence-electron chi connectivity index (χ4n) is 3.41. The lowest BCUT2D eigenvalue weighted by atomic mass is 10.2. The minimum absolute atomic E-state index is 0.0121. The molecule has 0 N–H and O–H groups in total. The van der Waals surface area contributed by atoms with Crippen molar-refractivity contribution in [2.75, 3.05) is 24.6 Å². The Hall–Kier alpha value is -3.33. The number of ether oxygens (including phenoxy) is 1. The summed E-state index contributed by atoms with van der Waals surface area (Å²) in [6.07, 6.45) is 3.69. The number of hydrogen-bond acceptors (Lipinski definition) is 6. The number of hydrogen-bond donors (Lipinski definition) is 0. The van der Waals surface area contributed by atoms with Crippen LogP contribution in [0.5, 0.6) is 0 Å². The van der Waals surface area contributed by atoms with Gasteiger partial charge in [-0.1, -0.05) is 12.1 Å². The molecule has 1 unspecified atom stereocenters. The van der Waals surface area contributed by atoms with Crippen LogP contribution < -0.4 is 4.90 Å². The van der Waals surface area contributed by atoms with Crippen LogP contribution in [0.25, 0.3) is 17.0 Å². The van der Waals surface area contributed by atoms with E-state index >= 15 is 0 Å². The van der Waals surface area contributed by atoms with Crippen LogP contribution in [0.15, 0.2) is 54.9 Å². The van der Waals surface area contributed by atoms with Gasteiger partial charge in [0.25, 0.3) is 0 Å². The van der Waals surface area contributed by atoms with E-state index < -0.39 is 0 Å². The fourth-order valence-corrected chi connectivity index (χ4v) is 3.41. The van der Waals surface area contributed by atoms with E-state index in [0.717, 1.165) is 12.4 Å². The summed E-state index contributed by atoms with van der Waals surface area (Å²) in [5.41, 5.74) is 0.946. The van der Waals surface area contributed by atoms with Crippen molar-refractivity contribution < 1.29 is 9.13 Å².